The van der Waals surface area contributed by atoms with Gasteiger partial charge >= 0.3 is 0 Å². The fourth-order valence-electron chi connectivity index (χ4n) is 3.11. The quantitative estimate of drug-likeness (QED) is 0.856. The lowest BCUT2D eigenvalue weighted by Gasteiger charge is -2.24. The van der Waals surface area contributed by atoms with E-state index < -0.39 is 0 Å². The maximum absolute atomic E-state index is 12.5. The number of carbonyl (C=O) groups is 1. The van der Waals surface area contributed by atoms with Crippen LogP contribution in [0.3, 0.4) is 0 Å². The molecule has 1 fully saturated rings. The van der Waals surface area contributed by atoms with E-state index in [0.29, 0.717) is 11.8 Å². The summed E-state index contributed by atoms with van der Waals surface area (Å²) >= 11 is 1.74. The molecule has 0 bridgehead atoms. The number of likely N-dealkylation sites (tertiary alicyclic amines) is 1. The van der Waals surface area contributed by atoms with Gasteiger partial charge < -0.3 is 4.90 Å². The van der Waals surface area contributed by atoms with Crippen molar-refractivity contribution in [1.29, 1.82) is 0 Å². The van der Waals surface area contributed by atoms with Gasteiger partial charge in [-0.15, -0.1) is 0 Å². The van der Waals surface area contributed by atoms with Crippen molar-refractivity contribution in [3.8, 4) is 0 Å². The number of aryl methyl sites for hydroxylation is 1. The van der Waals surface area contributed by atoms with Gasteiger partial charge in [-0.1, -0.05) is 20.8 Å². The van der Waals surface area contributed by atoms with E-state index in [1.807, 2.05) is 29.7 Å². The SMILES string of the molecule is CSCC(C)C(=O)N1CC(c2cnn(C)c2)C(C)(C)C1. The zero-order valence-electron chi connectivity index (χ0n) is 13.1. The predicted octanol–water partition coefficient (Wildman–Crippen LogP) is 2.37. The largest absolute Gasteiger partial charge is 0.341 e. The molecule has 5 heteroatoms. The van der Waals surface area contributed by atoms with Crippen LogP contribution in [0, 0.1) is 11.3 Å². The Bertz CT molecular complexity index is 483. The Hall–Kier alpha value is -0.970. The molecular formula is C15H25N3OS. The fraction of sp³-hybridized carbons (Fsp3) is 0.733. The minimum atomic E-state index is 0.105. The van der Waals surface area contributed by atoms with Crippen molar-refractivity contribution in [3.63, 3.8) is 0 Å². The van der Waals surface area contributed by atoms with E-state index >= 15 is 0 Å². The molecule has 20 heavy (non-hydrogen) atoms. The van der Waals surface area contributed by atoms with E-state index in [0.717, 1.165) is 18.8 Å². The van der Waals surface area contributed by atoms with Crippen molar-refractivity contribution in [1.82, 2.24) is 14.7 Å². The van der Waals surface area contributed by atoms with E-state index in [1.54, 1.807) is 11.8 Å². The maximum atomic E-state index is 12.5. The van der Waals surface area contributed by atoms with Gasteiger partial charge in [0.15, 0.2) is 0 Å². The third-order valence-electron chi connectivity index (χ3n) is 4.22. The summed E-state index contributed by atoms with van der Waals surface area (Å²) < 4.78 is 1.84. The molecule has 1 amide bonds. The van der Waals surface area contributed by atoms with Gasteiger partial charge in [-0.25, -0.2) is 0 Å². The number of aromatic nitrogens is 2. The van der Waals surface area contributed by atoms with Crippen LogP contribution < -0.4 is 0 Å². The van der Waals surface area contributed by atoms with E-state index in [2.05, 4.69) is 31.4 Å². The molecule has 1 aromatic heterocycles. The smallest absolute Gasteiger partial charge is 0.226 e. The van der Waals surface area contributed by atoms with Crippen molar-refractivity contribution in [2.24, 2.45) is 18.4 Å². The van der Waals surface area contributed by atoms with Crippen LogP contribution in [0.4, 0.5) is 0 Å². The lowest BCUT2D eigenvalue weighted by Crippen LogP contribution is -2.35. The highest BCUT2D eigenvalue weighted by molar-refractivity contribution is 7.98. The molecule has 0 N–H and O–H groups in total. The Labute approximate surface area is 125 Å². The van der Waals surface area contributed by atoms with E-state index in [9.17, 15) is 4.79 Å². The zero-order valence-corrected chi connectivity index (χ0v) is 13.9. The number of rotatable bonds is 4. The van der Waals surface area contributed by atoms with E-state index in [1.165, 1.54) is 5.56 Å². The lowest BCUT2D eigenvalue weighted by atomic mass is 9.79. The number of thioether (sulfide) groups is 1. The second kappa shape index (κ2) is 5.80. The number of carbonyl (C=O) groups excluding carboxylic acids is 1. The predicted molar refractivity (Wildman–Crippen MR) is 83.9 cm³/mol. The summed E-state index contributed by atoms with van der Waals surface area (Å²) in [5, 5.41) is 4.27. The first-order valence-corrected chi connectivity index (χ1v) is 8.51. The molecule has 1 aromatic rings. The summed E-state index contributed by atoms with van der Waals surface area (Å²) in [4.78, 5) is 14.5. The maximum Gasteiger partial charge on any atom is 0.226 e. The summed E-state index contributed by atoms with van der Waals surface area (Å²) in [6.45, 7) is 8.18. The monoisotopic (exact) mass is 295 g/mol. The summed E-state index contributed by atoms with van der Waals surface area (Å²) in [6.07, 6.45) is 6.06. The first-order chi connectivity index (χ1) is 9.35. The molecular weight excluding hydrogens is 270 g/mol. The first kappa shape index (κ1) is 15.4. The summed E-state index contributed by atoms with van der Waals surface area (Å²) in [5.74, 6) is 1.67. The van der Waals surface area contributed by atoms with Crippen LogP contribution in [-0.2, 0) is 11.8 Å². The van der Waals surface area contributed by atoms with Crippen LogP contribution in [-0.4, -0.2) is 45.7 Å². The molecule has 0 saturated carbocycles. The van der Waals surface area contributed by atoms with Crippen LogP contribution in [0.15, 0.2) is 12.4 Å². The lowest BCUT2D eigenvalue weighted by molar-refractivity contribution is -0.133. The highest BCUT2D eigenvalue weighted by Gasteiger charge is 2.43. The van der Waals surface area contributed by atoms with Crippen LogP contribution in [0.2, 0.25) is 0 Å². The molecule has 0 radical (unpaired) electrons. The molecule has 2 heterocycles. The molecule has 1 aliphatic rings. The zero-order chi connectivity index (χ0) is 14.9. The van der Waals surface area contributed by atoms with Gasteiger partial charge in [0.05, 0.1) is 6.20 Å². The van der Waals surface area contributed by atoms with Crippen LogP contribution in [0.5, 0.6) is 0 Å². The van der Waals surface area contributed by atoms with Crippen molar-refractivity contribution in [3.05, 3.63) is 18.0 Å². The van der Waals surface area contributed by atoms with Crippen LogP contribution in [0.25, 0.3) is 0 Å². The third kappa shape index (κ3) is 3.03. The highest BCUT2D eigenvalue weighted by atomic mass is 32.2. The second-order valence-electron chi connectivity index (χ2n) is 6.56. The number of hydrogen-bond acceptors (Lipinski definition) is 3. The summed E-state index contributed by atoms with van der Waals surface area (Å²) in [6, 6.07) is 0. The molecule has 112 valence electrons. The van der Waals surface area contributed by atoms with E-state index in [-0.39, 0.29) is 11.3 Å². The Morgan fingerprint density at radius 3 is 2.85 bits per heavy atom. The molecule has 2 rings (SSSR count). The third-order valence-corrected chi connectivity index (χ3v) is 5.06. The molecule has 0 spiro atoms. The number of amides is 1. The minimum absolute atomic E-state index is 0.105. The number of nitrogens with zero attached hydrogens (tertiary/aromatic N) is 3. The molecule has 0 aromatic carbocycles. The molecule has 1 saturated heterocycles. The standard InChI is InChI=1S/C15H25N3OS/c1-11(9-20-5)14(19)18-8-13(15(2,3)10-18)12-6-16-17(4)7-12/h6-7,11,13H,8-10H2,1-5H3. The molecule has 2 atom stereocenters. The van der Waals surface area contributed by atoms with Gasteiger partial charge in [-0.3, -0.25) is 9.48 Å². The minimum Gasteiger partial charge on any atom is -0.341 e. The Morgan fingerprint density at radius 1 is 1.60 bits per heavy atom. The molecule has 2 unspecified atom stereocenters. The average molecular weight is 295 g/mol. The van der Waals surface area contributed by atoms with Gasteiger partial charge in [-0.2, -0.15) is 16.9 Å². The second-order valence-corrected chi connectivity index (χ2v) is 7.47. The fourth-order valence-corrected chi connectivity index (χ4v) is 3.75. The molecule has 0 aliphatic carbocycles. The van der Waals surface area contributed by atoms with Gasteiger partial charge in [0.25, 0.3) is 0 Å². The van der Waals surface area contributed by atoms with Crippen molar-refractivity contribution < 1.29 is 4.79 Å². The molecule has 1 aliphatic heterocycles. The van der Waals surface area contributed by atoms with Crippen molar-refractivity contribution >= 4 is 17.7 Å². The van der Waals surface area contributed by atoms with Gasteiger partial charge in [0, 0.05) is 43.9 Å². The van der Waals surface area contributed by atoms with Gasteiger partial charge in [-0.05, 0) is 17.2 Å². The Kier molecular flexibility index (Phi) is 4.47. The van der Waals surface area contributed by atoms with E-state index in [4.69, 9.17) is 0 Å². The van der Waals surface area contributed by atoms with Crippen molar-refractivity contribution in [2.75, 3.05) is 25.1 Å². The molecule has 4 nitrogen and oxygen atoms in total. The van der Waals surface area contributed by atoms with Crippen molar-refractivity contribution in [2.45, 2.75) is 26.7 Å². The average Bonchev–Trinajstić information content (AvgIpc) is 2.91. The topological polar surface area (TPSA) is 38.1 Å². The van der Waals surface area contributed by atoms with Gasteiger partial charge in [0.1, 0.15) is 0 Å². The van der Waals surface area contributed by atoms with Gasteiger partial charge in [0.2, 0.25) is 5.91 Å². The van der Waals surface area contributed by atoms with Crippen LogP contribution in [0.1, 0.15) is 32.3 Å². The Morgan fingerprint density at radius 2 is 2.30 bits per heavy atom. The van der Waals surface area contributed by atoms with Crippen LogP contribution >= 0.6 is 11.8 Å². The summed E-state index contributed by atoms with van der Waals surface area (Å²) in [7, 11) is 1.94. The number of hydrogen-bond donors (Lipinski definition) is 0. The first-order valence-electron chi connectivity index (χ1n) is 7.11. The normalized spacial score (nSPS) is 23.1. The Balaban J connectivity index is 2.12. The summed E-state index contributed by atoms with van der Waals surface area (Å²) in [5.41, 5.74) is 1.35. The highest BCUT2D eigenvalue weighted by Crippen LogP contribution is 2.42.